The summed E-state index contributed by atoms with van der Waals surface area (Å²) in [5.41, 5.74) is 1.84. The van der Waals surface area contributed by atoms with Crippen LogP contribution in [0.15, 0.2) is 35.8 Å². The van der Waals surface area contributed by atoms with Crippen LogP contribution in [0.2, 0.25) is 0 Å². The van der Waals surface area contributed by atoms with Gasteiger partial charge >= 0.3 is 0 Å². The lowest BCUT2D eigenvalue weighted by Gasteiger charge is -2.27. The zero-order chi connectivity index (χ0) is 15.5. The number of carbonyl (C=O) groups is 2. The number of nitrogens with one attached hydrogen (secondary N) is 1. The van der Waals surface area contributed by atoms with Crippen molar-refractivity contribution in [3.63, 3.8) is 0 Å². The highest BCUT2D eigenvalue weighted by molar-refractivity contribution is 7.13. The quantitative estimate of drug-likeness (QED) is 0.946. The standard InChI is InChI=1S/C16H17N3O2S/c1-19(16(21)13-3-2-4-14(20)18-13)12-7-5-11(6-8-12)15-17-9-10-22-15/h5-10,13H,2-4H2,1H3,(H,18,20). The largest absolute Gasteiger partial charge is 0.344 e. The minimum Gasteiger partial charge on any atom is -0.344 e. The highest BCUT2D eigenvalue weighted by atomic mass is 32.1. The molecule has 2 heterocycles. The minimum absolute atomic E-state index is 0.0443. The average Bonchev–Trinajstić information content (AvgIpc) is 3.08. The molecule has 1 atom stereocenters. The summed E-state index contributed by atoms with van der Waals surface area (Å²) in [6.07, 6.45) is 3.75. The molecule has 0 spiro atoms. The summed E-state index contributed by atoms with van der Waals surface area (Å²) in [5.74, 6) is -0.118. The van der Waals surface area contributed by atoms with Crippen LogP contribution in [0.4, 0.5) is 5.69 Å². The second kappa shape index (κ2) is 6.27. The lowest BCUT2D eigenvalue weighted by Crippen LogP contribution is -2.49. The van der Waals surface area contributed by atoms with Gasteiger partial charge in [0.25, 0.3) is 0 Å². The average molecular weight is 315 g/mol. The fourth-order valence-corrected chi connectivity index (χ4v) is 3.19. The van der Waals surface area contributed by atoms with E-state index >= 15 is 0 Å². The molecule has 1 N–H and O–H groups in total. The summed E-state index contributed by atoms with van der Waals surface area (Å²) in [4.78, 5) is 29.8. The van der Waals surface area contributed by atoms with Crippen LogP contribution in [0.3, 0.4) is 0 Å². The lowest BCUT2D eigenvalue weighted by atomic mass is 10.0. The van der Waals surface area contributed by atoms with Crippen molar-refractivity contribution in [2.24, 2.45) is 0 Å². The monoisotopic (exact) mass is 315 g/mol. The molecule has 2 amide bonds. The summed E-state index contributed by atoms with van der Waals surface area (Å²) >= 11 is 1.58. The van der Waals surface area contributed by atoms with E-state index in [0.29, 0.717) is 12.8 Å². The van der Waals surface area contributed by atoms with Crippen molar-refractivity contribution in [1.29, 1.82) is 0 Å². The number of likely N-dealkylation sites (N-methyl/N-ethyl adjacent to an activating group) is 1. The van der Waals surface area contributed by atoms with Gasteiger partial charge in [0.1, 0.15) is 11.0 Å². The third-order valence-corrected chi connectivity index (χ3v) is 4.62. The van der Waals surface area contributed by atoms with Crippen molar-refractivity contribution in [3.05, 3.63) is 35.8 Å². The number of rotatable bonds is 3. The molecule has 114 valence electrons. The Hall–Kier alpha value is -2.21. The molecule has 2 aromatic rings. The Labute approximate surface area is 133 Å². The molecule has 0 bridgehead atoms. The van der Waals surface area contributed by atoms with Gasteiger partial charge in [-0.05, 0) is 37.1 Å². The number of hydrogen-bond acceptors (Lipinski definition) is 4. The van der Waals surface area contributed by atoms with Crippen molar-refractivity contribution < 1.29 is 9.59 Å². The fourth-order valence-electron chi connectivity index (χ4n) is 2.55. The first-order valence-corrected chi connectivity index (χ1v) is 8.10. The second-order valence-electron chi connectivity index (χ2n) is 5.29. The van der Waals surface area contributed by atoms with Crippen molar-refractivity contribution in [2.75, 3.05) is 11.9 Å². The van der Waals surface area contributed by atoms with Gasteiger partial charge in [0, 0.05) is 36.3 Å². The van der Waals surface area contributed by atoms with E-state index in [-0.39, 0.29) is 11.8 Å². The molecule has 0 aliphatic carbocycles. The van der Waals surface area contributed by atoms with E-state index in [2.05, 4.69) is 10.3 Å². The minimum atomic E-state index is -0.412. The van der Waals surface area contributed by atoms with Crippen LogP contribution in [0.1, 0.15) is 19.3 Å². The van der Waals surface area contributed by atoms with Gasteiger partial charge < -0.3 is 10.2 Å². The van der Waals surface area contributed by atoms with Crippen LogP contribution < -0.4 is 10.2 Å². The Morgan fingerprint density at radius 1 is 1.36 bits per heavy atom. The van der Waals surface area contributed by atoms with E-state index in [9.17, 15) is 9.59 Å². The first-order chi connectivity index (χ1) is 10.6. The lowest BCUT2D eigenvalue weighted by molar-refractivity contribution is -0.129. The first-order valence-electron chi connectivity index (χ1n) is 7.22. The van der Waals surface area contributed by atoms with Gasteiger partial charge in [-0.2, -0.15) is 0 Å². The maximum Gasteiger partial charge on any atom is 0.249 e. The molecule has 0 saturated carbocycles. The molecule has 1 aromatic heterocycles. The zero-order valence-corrected chi connectivity index (χ0v) is 13.1. The molecule has 5 nitrogen and oxygen atoms in total. The van der Waals surface area contributed by atoms with Crippen LogP contribution in [0.25, 0.3) is 10.6 Å². The molecule has 3 rings (SSSR count). The van der Waals surface area contributed by atoms with Gasteiger partial charge in [0.2, 0.25) is 11.8 Å². The number of thiazole rings is 1. The number of piperidine rings is 1. The number of benzene rings is 1. The third-order valence-electron chi connectivity index (χ3n) is 3.79. The highest BCUT2D eigenvalue weighted by Gasteiger charge is 2.27. The molecular formula is C16H17N3O2S. The molecule has 1 saturated heterocycles. The summed E-state index contributed by atoms with van der Waals surface area (Å²) in [7, 11) is 1.74. The van der Waals surface area contributed by atoms with E-state index in [4.69, 9.17) is 0 Å². The molecule has 1 unspecified atom stereocenters. The number of carbonyl (C=O) groups excluding carboxylic acids is 2. The molecule has 1 fully saturated rings. The van der Waals surface area contributed by atoms with E-state index in [0.717, 1.165) is 22.7 Å². The molecule has 0 radical (unpaired) electrons. The molecule has 1 aromatic carbocycles. The fraction of sp³-hybridized carbons (Fsp3) is 0.312. The van der Waals surface area contributed by atoms with Crippen LogP contribution in [-0.4, -0.2) is 29.9 Å². The number of anilines is 1. The number of hydrogen-bond donors (Lipinski definition) is 1. The molecular weight excluding hydrogens is 298 g/mol. The van der Waals surface area contributed by atoms with Gasteiger partial charge in [-0.25, -0.2) is 4.98 Å². The van der Waals surface area contributed by atoms with Crippen molar-refractivity contribution in [1.82, 2.24) is 10.3 Å². The Kier molecular flexibility index (Phi) is 4.20. The van der Waals surface area contributed by atoms with Crippen LogP contribution in [0.5, 0.6) is 0 Å². The maximum absolute atomic E-state index is 12.5. The van der Waals surface area contributed by atoms with E-state index < -0.39 is 6.04 Å². The Morgan fingerprint density at radius 2 is 2.14 bits per heavy atom. The van der Waals surface area contributed by atoms with Crippen molar-refractivity contribution >= 4 is 28.8 Å². The van der Waals surface area contributed by atoms with E-state index in [1.54, 1.807) is 29.5 Å². The van der Waals surface area contributed by atoms with Crippen LogP contribution in [0, 0.1) is 0 Å². The van der Waals surface area contributed by atoms with Gasteiger partial charge in [-0.3, -0.25) is 9.59 Å². The molecule has 1 aliphatic rings. The zero-order valence-electron chi connectivity index (χ0n) is 12.3. The molecule has 6 heteroatoms. The van der Waals surface area contributed by atoms with Crippen molar-refractivity contribution in [3.8, 4) is 10.6 Å². The normalized spacial score (nSPS) is 17.9. The predicted molar refractivity (Wildman–Crippen MR) is 86.7 cm³/mol. The first kappa shape index (κ1) is 14.7. The Morgan fingerprint density at radius 3 is 2.77 bits per heavy atom. The third kappa shape index (κ3) is 3.01. The van der Waals surface area contributed by atoms with Crippen LogP contribution >= 0.6 is 11.3 Å². The van der Waals surface area contributed by atoms with Gasteiger partial charge in [0.15, 0.2) is 0 Å². The highest BCUT2D eigenvalue weighted by Crippen LogP contribution is 2.25. The number of amides is 2. The molecule has 1 aliphatic heterocycles. The summed E-state index contributed by atoms with van der Waals surface area (Å²) in [5, 5.41) is 5.66. The summed E-state index contributed by atoms with van der Waals surface area (Å²) in [6.45, 7) is 0. The van der Waals surface area contributed by atoms with Crippen molar-refractivity contribution in [2.45, 2.75) is 25.3 Å². The maximum atomic E-state index is 12.5. The van der Waals surface area contributed by atoms with Crippen LogP contribution in [-0.2, 0) is 9.59 Å². The van der Waals surface area contributed by atoms with Gasteiger partial charge in [0.05, 0.1) is 0 Å². The smallest absolute Gasteiger partial charge is 0.249 e. The number of aromatic nitrogens is 1. The topological polar surface area (TPSA) is 62.3 Å². The second-order valence-corrected chi connectivity index (χ2v) is 6.19. The Bertz CT molecular complexity index is 667. The van der Waals surface area contributed by atoms with E-state index in [1.165, 1.54) is 0 Å². The molecule has 22 heavy (non-hydrogen) atoms. The Balaban J connectivity index is 1.73. The number of nitrogens with zero attached hydrogens (tertiary/aromatic N) is 2. The van der Waals surface area contributed by atoms with Gasteiger partial charge in [-0.1, -0.05) is 0 Å². The predicted octanol–water partition coefficient (Wildman–Crippen LogP) is 2.44. The summed E-state index contributed by atoms with van der Waals surface area (Å²) < 4.78 is 0. The van der Waals surface area contributed by atoms with Gasteiger partial charge in [-0.15, -0.1) is 11.3 Å². The van der Waals surface area contributed by atoms with E-state index in [1.807, 2.05) is 29.6 Å². The SMILES string of the molecule is CN(C(=O)C1CCCC(=O)N1)c1ccc(-c2nccs2)cc1. The summed E-state index contributed by atoms with van der Waals surface area (Å²) in [6, 6.07) is 7.30.